The number of aromatic nitrogens is 3. The van der Waals surface area contributed by atoms with Gasteiger partial charge in [0.15, 0.2) is 0 Å². The third kappa shape index (κ3) is 3.19. The lowest BCUT2D eigenvalue weighted by Crippen LogP contribution is -2.39. The predicted molar refractivity (Wildman–Crippen MR) is 89.1 cm³/mol. The highest BCUT2D eigenvalue weighted by Crippen LogP contribution is 2.39. The fraction of sp³-hybridized carbons (Fsp3) is 0.500. The van der Waals surface area contributed by atoms with E-state index < -0.39 is 0 Å². The van der Waals surface area contributed by atoms with Crippen LogP contribution in [0.15, 0.2) is 30.3 Å². The summed E-state index contributed by atoms with van der Waals surface area (Å²) < 4.78 is 1.80. The summed E-state index contributed by atoms with van der Waals surface area (Å²) in [5.74, 6) is 1.31. The van der Waals surface area contributed by atoms with Gasteiger partial charge in [0, 0.05) is 12.0 Å². The minimum Gasteiger partial charge on any atom is -0.393 e. The monoisotopic (exact) mass is 326 g/mol. The normalized spacial score (nSPS) is 23.9. The highest BCUT2D eigenvalue weighted by Gasteiger charge is 2.32. The van der Waals surface area contributed by atoms with Crippen LogP contribution < -0.4 is 5.32 Å². The molecule has 2 aromatic rings. The summed E-state index contributed by atoms with van der Waals surface area (Å²) in [6.45, 7) is 0. The van der Waals surface area contributed by atoms with Crippen molar-refractivity contribution < 1.29 is 9.90 Å². The number of benzene rings is 1. The smallest absolute Gasteiger partial charge is 0.291 e. The number of para-hydroxylation sites is 1. The molecule has 24 heavy (non-hydrogen) atoms. The molecule has 0 atom stereocenters. The first kappa shape index (κ1) is 15.3. The van der Waals surface area contributed by atoms with Gasteiger partial charge in [-0.2, -0.15) is 0 Å². The summed E-state index contributed by atoms with van der Waals surface area (Å²) in [5.41, 5.74) is 0.937. The first-order valence-electron chi connectivity index (χ1n) is 8.72. The summed E-state index contributed by atoms with van der Waals surface area (Å²) >= 11 is 0. The van der Waals surface area contributed by atoms with Gasteiger partial charge in [-0.05, 0) is 50.7 Å². The molecule has 0 aliphatic heterocycles. The quantitative estimate of drug-likeness (QED) is 0.902. The van der Waals surface area contributed by atoms with Crippen molar-refractivity contribution >= 4 is 5.91 Å². The molecule has 0 spiro atoms. The van der Waals surface area contributed by atoms with Crippen LogP contribution in [0.3, 0.4) is 0 Å². The Morgan fingerprint density at radius 3 is 2.46 bits per heavy atom. The van der Waals surface area contributed by atoms with Crippen molar-refractivity contribution in [3.63, 3.8) is 0 Å². The zero-order valence-electron chi connectivity index (χ0n) is 13.6. The van der Waals surface area contributed by atoms with E-state index in [1.54, 1.807) is 4.68 Å². The van der Waals surface area contributed by atoms with Crippen LogP contribution in [-0.2, 0) is 0 Å². The lowest BCUT2D eigenvalue weighted by Gasteiger charge is -2.25. The molecule has 6 nitrogen and oxygen atoms in total. The van der Waals surface area contributed by atoms with Crippen molar-refractivity contribution in [1.82, 2.24) is 20.1 Å². The van der Waals surface area contributed by atoms with E-state index in [9.17, 15) is 9.90 Å². The van der Waals surface area contributed by atoms with Crippen LogP contribution in [0.25, 0.3) is 5.69 Å². The standard InChI is InChI=1S/C18H22N4O2/c23-15-10-8-13(9-11-15)19-18(24)16-20-17(12-6-7-12)22(21-16)14-4-2-1-3-5-14/h1-5,12-13,15,23H,6-11H2,(H,19,24). The van der Waals surface area contributed by atoms with Crippen molar-refractivity contribution in [2.45, 2.75) is 56.6 Å². The lowest BCUT2D eigenvalue weighted by molar-refractivity contribution is 0.0858. The number of hydrogen-bond acceptors (Lipinski definition) is 4. The molecule has 126 valence electrons. The van der Waals surface area contributed by atoms with Crippen LogP contribution in [0.2, 0.25) is 0 Å². The Hall–Kier alpha value is -2.21. The Morgan fingerprint density at radius 1 is 1.08 bits per heavy atom. The lowest BCUT2D eigenvalue weighted by atomic mass is 9.93. The average Bonchev–Trinajstić information content (AvgIpc) is 3.36. The van der Waals surface area contributed by atoms with Gasteiger partial charge in [0.2, 0.25) is 5.82 Å². The number of hydrogen-bond donors (Lipinski definition) is 2. The molecular formula is C18H22N4O2. The van der Waals surface area contributed by atoms with Crippen LogP contribution >= 0.6 is 0 Å². The highest BCUT2D eigenvalue weighted by atomic mass is 16.3. The fourth-order valence-corrected chi connectivity index (χ4v) is 3.26. The molecule has 4 rings (SSSR count). The molecule has 2 aliphatic rings. The molecule has 1 heterocycles. The first-order valence-corrected chi connectivity index (χ1v) is 8.72. The van der Waals surface area contributed by atoms with Crippen molar-refractivity contribution in [2.75, 3.05) is 0 Å². The topological polar surface area (TPSA) is 80.0 Å². The van der Waals surface area contributed by atoms with Gasteiger partial charge < -0.3 is 10.4 Å². The van der Waals surface area contributed by atoms with Crippen molar-refractivity contribution in [3.8, 4) is 5.69 Å². The largest absolute Gasteiger partial charge is 0.393 e. The van der Waals surface area contributed by atoms with Crippen molar-refractivity contribution in [3.05, 3.63) is 42.0 Å². The number of carbonyl (C=O) groups excluding carboxylic acids is 1. The molecule has 0 bridgehead atoms. The number of aliphatic hydroxyl groups is 1. The Kier molecular flexibility index (Phi) is 4.06. The minimum atomic E-state index is -0.227. The molecule has 2 aliphatic carbocycles. The van der Waals surface area contributed by atoms with Gasteiger partial charge >= 0.3 is 0 Å². The Bertz CT molecular complexity index is 716. The number of rotatable bonds is 4. The van der Waals surface area contributed by atoms with Crippen LogP contribution in [0.5, 0.6) is 0 Å². The molecule has 2 fully saturated rings. The van der Waals surface area contributed by atoms with Gasteiger partial charge in [-0.15, -0.1) is 5.10 Å². The number of aliphatic hydroxyl groups excluding tert-OH is 1. The zero-order chi connectivity index (χ0) is 16.5. The molecule has 1 amide bonds. The van der Waals surface area contributed by atoms with Gasteiger partial charge in [-0.1, -0.05) is 18.2 Å². The maximum atomic E-state index is 12.5. The summed E-state index contributed by atoms with van der Waals surface area (Å²) in [7, 11) is 0. The van der Waals surface area contributed by atoms with Crippen molar-refractivity contribution in [1.29, 1.82) is 0 Å². The molecular weight excluding hydrogens is 304 g/mol. The van der Waals surface area contributed by atoms with E-state index in [1.165, 1.54) is 0 Å². The van der Waals surface area contributed by atoms with Crippen molar-refractivity contribution in [2.24, 2.45) is 0 Å². The van der Waals surface area contributed by atoms with Crippen LogP contribution in [0, 0.1) is 0 Å². The van der Waals surface area contributed by atoms with Crippen LogP contribution in [0.1, 0.15) is 60.9 Å². The van der Waals surface area contributed by atoms with E-state index in [4.69, 9.17) is 0 Å². The number of amides is 1. The predicted octanol–water partition coefficient (Wildman–Crippen LogP) is 2.18. The average molecular weight is 326 g/mol. The zero-order valence-corrected chi connectivity index (χ0v) is 13.6. The highest BCUT2D eigenvalue weighted by molar-refractivity contribution is 5.90. The molecule has 2 saturated carbocycles. The van der Waals surface area contributed by atoms with Gasteiger partial charge in [0.05, 0.1) is 11.8 Å². The summed E-state index contributed by atoms with van der Waals surface area (Å²) in [6, 6.07) is 9.94. The Labute approximate surface area is 140 Å². The minimum absolute atomic E-state index is 0.106. The molecule has 0 radical (unpaired) electrons. The van der Waals surface area contributed by atoms with E-state index in [0.717, 1.165) is 50.0 Å². The molecule has 2 N–H and O–H groups in total. The second-order valence-electron chi connectivity index (χ2n) is 6.79. The second-order valence-corrected chi connectivity index (χ2v) is 6.79. The maximum absolute atomic E-state index is 12.5. The second kappa shape index (κ2) is 6.36. The fourth-order valence-electron chi connectivity index (χ4n) is 3.26. The number of nitrogens with one attached hydrogen (secondary N) is 1. The Balaban J connectivity index is 1.54. The van der Waals surface area contributed by atoms with E-state index in [1.807, 2.05) is 30.3 Å². The number of nitrogens with zero attached hydrogens (tertiary/aromatic N) is 3. The maximum Gasteiger partial charge on any atom is 0.291 e. The van der Waals surface area contributed by atoms with E-state index in [-0.39, 0.29) is 23.9 Å². The number of carbonyl (C=O) groups is 1. The van der Waals surface area contributed by atoms with Gasteiger partial charge in [0.1, 0.15) is 5.82 Å². The third-order valence-corrected chi connectivity index (χ3v) is 4.81. The SMILES string of the molecule is O=C(NC1CCC(O)CC1)c1nc(C2CC2)n(-c2ccccc2)n1. The van der Waals surface area contributed by atoms with Crippen LogP contribution in [0.4, 0.5) is 0 Å². The molecule has 0 saturated heterocycles. The molecule has 1 aromatic heterocycles. The molecule has 6 heteroatoms. The van der Waals surface area contributed by atoms with Gasteiger partial charge in [-0.25, -0.2) is 9.67 Å². The third-order valence-electron chi connectivity index (χ3n) is 4.81. The van der Waals surface area contributed by atoms with Gasteiger partial charge in [0.25, 0.3) is 5.91 Å². The first-order chi connectivity index (χ1) is 11.7. The Morgan fingerprint density at radius 2 is 1.79 bits per heavy atom. The molecule has 1 aromatic carbocycles. The van der Waals surface area contributed by atoms with Gasteiger partial charge in [-0.3, -0.25) is 4.79 Å². The van der Waals surface area contributed by atoms with E-state index in [0.29, 0.717) is 5.92 Å². The summed E-state index contributed by atoms with van der Waals surface area (Å²) in [6.07, 6.45) is 5.08. The van der Waals surface area contributed by atoms with E-state index in [2.05, 4.69) is 15.4 Å². The van der Waals surface area contributed by atoms with Crippen LogP contribution in [-0.4, -0.2) is 37.9 Å². The molecule has 0 unspecified atom stereocenters. The summed E-state index contributed by atoms with van der Waals surface area (Å²) in [5, 5.41) is 17.1. The summed E-state index contributed by atoms with van der Waals surface area (Å²) in [4.78, 5) is 17.0. The van der Waals surface area contributed by atoms with E-state index >= 15 is 0 Å².